The second-order valence-corrected chi connectivity index (χ2v) is 18.1. The normalized spacial score (nSPS) is 52.6. The number of hydrogen-bond donors (Lipinski definition) is 6. The van der Waals surface area contributed by atoms with Crippen LogP contribution in [0.1, 0.15) is 106 Å². The van der Waals surface area contributed by atoms with Crippen LogP contribution < -0.4 is 0 Å². The minimum Gasteiger partial charge on any atom is -0.481 e. The first kappa shape index (κ1) is 34.3. The highest BCUT2D eigenvalue weighted by Gasteiger charge is 2.70. The molecule has 0 aromatic heterocycles. The molecular formula is C36H56O10. The average molecular weight is 649 g/mol. The van der Waals surface area contributed by atoms with Gasteiger partial charge in [0.15, 0.2) is 12.4 Å². The minimum atomic E-state index is -1.82. The van der Waals surface area contributed by atoms with Crippen molar-refractivity contribution in [3.63, 3.8) is 0 Å². The number of carboxylic acids is 2. The molecule has 14 atom stereocenters. The molecule has 10 nitrogen and oxygen atoms in total. The Morgan fingerprint density at radius 1 is 0.826 bits per heavy atom. The predicted octanol–water partition coefficient (Wildman–Crippen LogP) is 4.12. The molecule has 6 aliphatic rings. The minimum absolute atomic E-state index is 0.0207. The molecule has 5 fully saturated rings. The summed E-state index contributed by atoms with van der Waals surface area (Å²) in [6.07, 6.45) is -0.824. The Hall–Kier alpha value is -1.56. The number of fused-ring (bicyclic) bond motifs is 7. The van der Waals surface area contributed by atoms with Crippen LogP contribution >= 0.6 is 0 Å². The number of aliphatic hydroxyl groups excluding tert-OH is 4. The number of aliphatic hydroxyl groups is 4. The van der Waals surface area contributed by atoms with Crippen LogP contribution in [0.2, 0.25) is 0 Å². The summed E-state index contributed by atoms with van der Waals surface area (Å²) in [6, 6.07) is 0. The van der Waals surface area contributed by atoms with Crippen molar-refractivity contribution in [2.75, 3.05) is 0 Å². The standard InChI is InChI=1S/C36H56O10/c1-31(2)12-14-36(30(43)44)15-13-34(6)18(19(36)16-31)8-9-22-33(5)17-20(37)27(32(3,4)21(33)10-11-35(22,34)7)46-29-25(40)23(38)24(39)26(45-29)28(41)42/h8,19-27,29,37-40H,9-17H2,1-7H3,(H,41,42)(H,43,44). The van der Waals surface area contributed by atoms with Crippen molar-refractivity contribution >= 4 is 11.9 Å². The van der Waals surface area contributed by atoms with Gasteiger partial charge in [-0.25, -0.2) is 4.79 Å². The maximum atomic E-state index is 12.9. The van der Waals surface area contributed by atoms with Gasteiger partial charge in [0.05, 0.1) is 17.6 Å². The van der Waals surface area contributed by atoms with Gasteiger partial charge in [-0.15, -0.1) is 0 Å². The van der Waals surface area contributed by atoms with E-state index in [1.54, 1.807) is 0 Å². The molecule has 1 saturated heterocycles. The van der Waals surface area contributed by atoms with E-state index in [1.807, 2.05) is 0 Å². The van der Waals surface area contributed by atoms with E-state index in [2.05, 4.69) is 54.5 Å². The number of allylic oxidation sites excluding steroid dienone is 2. The zero-order valence-electron chi connectivity index (χ0n) is 28.5. The van der Waals surface area contributed by atoms with Gasteiger partial charge in [-0.05, 0) is 103 Å². The topological polar surface area (TPSA) is 174 Å². The Kier molecular flexibility index (Phi) is 7.99. The molecule has 1 heterocycles. The summed E-state index contributed by atoms with van der Waals surface area (Å²) < 4.78 is 11.7. The molecule has 1 aliphatic heterocycles. The van der Waals surface area contributed by atoms with Gasteiger partial charge in [0, 0.05) is 0 Å². The fourth-order valence-electron chi connectivity index (χ4n) is 12.3. The van der Waals surface area contributed by atoms with Crippen molar-refractivity contribution < 1.29 is 49.7 Å². The summed E-state index contributed by atoms with van der Waals surface area (Å²) in [6.45, 7) is 15.8. The lowest BCUT2D eigenvalue weighted by Crippen LogP contribution is -2.68. The zero-order valence-corrected chi connectivity index (χ0v) is 28.5. The van der Waals surface area contributed by atoms with Gasteiger partial charge >= 0.3 is 11.9 Å². The molecule has 4 saturated carbocycles. The van der Waals surface area contributed by atoms with Crippen LogP contribution in [0.15, 0.2) is 11.6 Å². The van der Waals surface area contributed by atoms with Gasteiger partial charge in [0.25, 0.3) is 0 Å². The molecule has 10 heteroatoms. The molecule has 6 N–H and O–H groups in total. The number of carboxylic acid groups (broad SMARTS) is 2. The van der Waals surface area contributed by atoms with Gasteiger partial charge in [0.2, 0.25) is 0 Å². The lowest BCUT2D eigenvalue weighted by atomic mass is 9.33. The third-order valence-corrected chi connectivity index (χ3v) is 15.1. The average Bonchev–Trinajstić information content (AvgIpc) is 2.94. The number of ether oxygens (including phenoxy) is 2. The summed E-state index contributed by atoms with van der Waals surface area (Å²) in [5.41, 5.74) is -0.413. The van der Waals surface area contributed by atoms with Crippen molar-refractivity contribution in [3.05, 3.63) is 11.6 Å². The van der Waals surface area contributed by atoms with Crippen molar-refractivity contribution in [2.24, 2.45) is 50.2 Å². The van der Waals surface area contributed by atoms with Crippen molar-refractivity contribution in [3.8, 4) is 0 Å². The Balaban J connectivity index is 1.32. The Morgan fingerprint density at radius 3 is 2.11 bits per heavy atom. The molecule has 5 aliphatic carbocycles. The fourth-order valence-corrected chi connectivity index (χ4v) is 12.3. The lowest BCUT2D eigenvalue weighted by Gasteiger charge is -2.71. The molecule has 46 heavy (non-hydrogen) atoms. The van der Waals surface area contributed by atoms with Gasteiger partial charge in [-0.2, -0.15) is 0 Å². The SMILES string of the molecule is CC1(C)CCC2(C(=O)O)CCC3(C)C(=CCC4C5(C)CC(O)C(OC6OC(C(=O)O)C(O)C(O)C6O)C(C)(C)C5CCC43C)C2C1. The Bertz CT molecular complexity index is 1290. The third-order valence-electron chi connectivity index (χ3n) is 15.1. The Labute approximate surface area is 272 Å². The number of hydrogen-bond acceptors (Lipinski definition) is 8. The molecule has 6 rings (SSSR count). The summed E-state index contributed by atoms with van der Waals surface area (Å²) in [7, 11) is 0. The molecule has 0 radical (unpaired) electrons. The molecule has 0 aromatic rings. The van der Waals surface area contributed by atoms with Crippen LogP contribution in [0.4, 0.5) is 0 Å². The van der Waals surface area contributed by atoms with Crippen LogP contribution in [0, 0.1) is 50.2 Å². The van der Waals surface area contributed by atoms with Gasteiger partial charge in [-0.3, -0.25) is 4.79 Å². The first-order chi connectivity index (χ1) is 21.2. The number of carbonyl (C=O) groups is 2. The molecule has 0 bridgehead atoms. The number of aliphatic carboxylic acids is 2. The van der Waals surface area contributed by atoms with Crippen LogP contribution in [-0.2, 0) is 19.1 Å². The monoisotopic (exact) mass is 648 g/mol. The second-order valence-electron chi connectivity index (χ2n) is 18.1. The van der Waals surface area contributed by atoms with Gasteiger partial charge in [0.1, 0.15) is 18.3 Å². The number of rotatable bonds is 4. The van der Waals surface area contributed by atoms with E-state index in [-0.39, 0.29) is 39.4 Å². The van der Waals surface area contributed by atoms with Crippen LogP contribution in [0.5, 0.6) is 0 Å². The summed E-state index contributed by atoms with van der Waals surface area (Å²) in [5, 5.41) is 63.2. The van der Waals surface area contributed by atoms with Crippen LogP contribution in [0.3, 0.4) is 0 Å². The van der Waals surface area contributed by atoms with Crippen LogP contribution in [-0.4, -0.2) is 85.5 Å². The highest BCUT2D eigenvalue weighted by molar-refractivity contribution is 5.76. The fraction of sp³-hybridized carbons (Fsp3) is 0.889. The first-order valence-electron chi connectivity index (χ1n) is 17.4. The molecule has 0 aromatic carbocycles. The van der Waals surface area contributed by atoms with E-state index in [1.165, 1.54) is 5.57 Å². The van der Waals surface area contributed by atoms with Gasteiger partial charge < -0.3 is 40.1 Å². The molecular weight excluding hydrogens is 592 g/mol. The third kappa shape index (κ3) is 4.56. The molecule has 0 amide bonds. The highest BCUT2D eigenvalue weighted by Crippen LogP contribution is 2.76. The lowest BCUT2D eigenvalue weighted by molar-refractivity contribution is -0.336. The summed E-state index contributed by atoms with van der Waals surface area (Å²) in [5.74, 6) is -1.75. The maximum absolute atomic E-state index is 12.9. The first-order valence-corrected chi connectivity index (χ1v) is 17.4. The highest BCUT2D eigenvalue weighted by atomic mass is 16.7. The van der Waals surface area contributed by atoms with Gasteiger partial charge in [-0.1, -0.05) is 60.1 Å². The van der Waals surface area contributed by atoms with Crippen molar-refractivity contribution in [2.45, 2.75) is 149 Å². The Morgan fingerprint density at radius 2 is 1.48 bits per heavy atom. The smallest absolute Gasteiger partial charge is 0.335 e. The van der Waals surface area contributed by atoms with E-state index < -0.39 is 65.7 Å². The predicted molar refractivity (Wildman–Crippen MR) is 167 cm³/mol. The quantitative estimate of drug-likeness (QED) is 0.192. The largest absolute Gasteiger partial charge is 0.481 e. The van der Waals surface area contributed by atoms with Crippen molar-refractivity contribution in [1.29, 1.82) is 0 Å². The van der Waals surface area contributed by atoms with E-state index in [0.717, 1.165) is 44.9 Å². The van der Waals surface area contributed by atoms with E-state index in [9.17, 15) is 40.2 Å². The molecule has 14 unspecified atom stereocenters. The maximum Gasteiger partial charge on any atom is 0.335 e. The van der Waals surface area contributed by atoms with E-state index in [4.69, 9.17) is 9.47 Å². The van der Waals surface area contributed by atoms with Crippen molar-refractivity contribution in [1.82, 2.24) is 0 Å². The summed E-state index contributed by atoms with van der Waals surface area (Å²) >= 11 is 0. The zero-order chi connectivity index (χ0) is 34.0. The molecule has 0 spiro atoms. The van der Waals surface area contributed by atoms with E-state index >= 15 is 0 Å². The molecule has 260 valence electrons. The van der Waals surface area contributed by atoms with E-state index in [0.29, 0.717) is 12.8 Å². The van der Waals surface area contributed by atoms with Crippen LogP contribution in [0.25, 0.3) is 0 Å². The summed E-state index contributed by atoms with van der Waals surface area (Å²) in [4.78, 5) is 24.7. The second kappa shape index (κ2) is 10.7.